The monoisotopic (exact) mass is 389 g/mol. The first-order chi connectivity index (χ1) is 13.5. The number of fused-ring (bicyclic) bond motifs is 3. The van der Waals surface area contributed by atoms with E-state index in [1.165, 1.54) is 0 Å². The number of hydrogen-bond acceptors (Lipinski definition) is 3. The van der Waals surface area contributed by atoms with Crippen molar-refractivity contribution in [3.8, 4) is 11.1 Å². The number of carboxylic acid groups (broad SMARTS) is 1. The van der Waals surface area contributed by atoms with Crippen LogP contribution in [0.15, 0.2) is 48.5 Å². The maximum Gasteiger partial charge on any atom is 0.407 e. The highest BCUT2D eigenvalue weighted by Gasteiger charge is 2.30. The molecule has 28 heavy (non-hydrogen) atoms. The fourth-order valence-corrected chi connectivity index (χ4v) is 3.50. The molecule has 0 heterocycles. The Labute approximate surface area is 161 Å². The van der Waals surface area contributed by atoms with Crippen LogP contribution in [0.3, 0.4) is 0 Å². The maximum absolute atomic E-state index is 12.7. The lowest BCUT2D eigenvalue weighted by Crippen LogP contribution is -2.43. The molecular weight excluding hydrogens is 368 g/mol. The number of benzene rings is 2. The molecule has 0 saturated carbocycles. The van der Waals surface area contributed by atoms with Crippen molar-refractivity contribution < 1.29 is 28.2 Å². The minimum atomic E-state index is -1.41. The lowest BCUT2D eigenvalue weighted by Gasteiger charge is -2.19. The van der Waals surface area contributed by atoms with Crippen molar-refractivity contribution in [3.63, 3.8) is 0 Å². The maximum atomic E-state index is 12.7. The van der Waals surface area contributed by atoms with E-state index < -0.39 is 37.4 Å². The smallest absolute Gasteiger partial charge is 0.407 e. The van der Waals surface area contributed by atoms with Crippen LogP contribution in [0.4, 0.5) is 13.6 Å². The molecule has 1 atom stereocenters. The molecule has 1 unspecified atom stereocenters. The zero-order valence-electron chi connectivity index (χ0n) is 15.1. The molecule has 1 amide bonds. The molecule has 1 aliphatic rings. The number of nitrogens with one attached hydrogen (secondary N) is 1. The summed E-state index contributed by atoms with van der Waals surface area (Å²) in [6.07, 6.45) is -1.27. The molecular formula is C21H21F2NO4. The van der Waals surface area contributed by atoms with Crippen molar-refractivity contribution in [2.24, 2.45) is 5.92 Å². The van der Waals surface area contributed by atoms with E-state index in [1.54, 1.807) is 0 Å². The van der Waals surface area contributed by atoms with Crippen LogP contribution in [0.1, 0.15) is 23.5 Å². The number of hydrogen-bond donors (Lipinski definition) is 2. The van der Waals surface area contributed by atoms with Crippen molar-refractivity contribution in [1.82, 2.24) is 5.32 Å². The largest absolute Gasteiger partial charge is 0.480 e. The second-order valence-corrected chi connectivity index (χ2v) is 6.77. The summed E-state index contributed by atoms with van der Waals surface area (Å²) in [5.74, 6) is -2.60. The fraction of sp³-hybridized carbons (Fsp3) is 0.333. The van der Waals surface area contributed by atoms with Gasteiger partial charge < -0.3 is 15.2 Å². The van der Waals surface area contributed by atoms with E-state index in [0.717, 1.165) is 22.3 Å². The standard InChI is InChI=1S/C21H21F2NO4/c22-10-13(11-23)9-19(20(25)26)24-21(27)28-12-18-16-7-3-1-5-14(16)15-6-2-4-8-17(15)18/h1-8,13,18-19H,9-12H2,(H,24,27)(H,25,26). The zero-order chi connectivity index (χ0) is 20.1. The van der Waals surface area contributed by atoms with Gasteiger partial charge in [-0.1, -0.05) is 48.5 Å². The van der Waals surface area contributed by atoms with Gasteiger partial charge in [0.1, 0.15) is 12.6 Å². The number of alkyl halides is 2. The molecule has 7 heteroatoms. The fourth-order valence-electron chi connectivity index (χ4n) is 3.50. The van der Waals surface area contributed by atoms with Gasteiger partial charge in [0.15, 0.2) is 0 Å². The predicted molar refractivity (Wildman–Crippen MR) is 99.7 cm³/mol. The molecule has 2 aromatic carbocycles. The normalized spacial score (nSPS) is 13.7. The molecule has 1 aliphatic carbocycles. The van der Waals surface area contributed by atoms with Gasteiger partial charge in [-0.25, -0.2) is 9.59 Å². The van der Waals surface area contributed by atoms with Crippen molar-refractivity contribution in [2.45, 2.75) is 18.4 Å². The number of carboxylic acids is 1. The van der Waals surface area contributed by atoms with Crippen LogP contribution in [0.25, 0.3) is 11.1 Å². The van der Waals surface area contributed by atoms with Crippen molar-refractivity contribution in [1.29, 1.82) is 0 Å². The molecule has 5 nitrogen and oxygen atoms in total. The Morgan fingerprint density at radius 1 is 1.00 bits per heavy atom. The third kappa shape index (κ3) is 4.13. The van der Waals surface area contributed by atoms with Gasteiger partial charge in [-0.15, -0.1) is 0 Å². The van der Waals surface area contributed by atoms with Crippen LogP contribution in [0, 0.1) is 5.92 Å². The molecule has 0 fully saturated rings. The highest BCUT2D eigenvalue weighted by atomic mass is 19.1. The number of amides is 1. The van der Waals surface area contributed by atoms with E-state index in [-0.39, 0.29) is 18.9 Å². The second-order valence-electron chi connectivity index (χ2n) is 6.77. The summed E-state index contributed by atoms with van der Waals surface area (Å²) in [7, 11) is 0. The predicted octanol–water partition coefficient (Wildman–Crippen LogP) is 3.92. The first-order valence-electron chi connectivity index (χ1n) is 9.01. The van der Waals surface area contributed by atoms with Crippen molar-refractivity contribution in [3.05, 3.63) is 59.7 Å². The average molecular weight is 389 g/mol. The van der Waals surface area contributed by atoms with E-state index in [1.807, 2.05) is 48.5 Å². The van der Waals surface area contributed by atoms with Crippen LogP contribution < -0.4 is 5.32 Å². The average Bonchev–Trinajstić information content (AvgIpc) is 3.03. The third-order valence-corrected chi connectivity index (χ3v) is 4.94. The first-order valence-corrected chi connectivity index (χ1v) is 9.01. The summed E-state index contributed by atoms with van der Waals surface area (Å²) in [5.41, 5.74) is 4.20. The van der Waals surface area contributed by atoms with Gasteiger partial charge in [0.25, 0.3) is 0 Å². The van der Waals surface area contributed by atoms with E-state index >= 15 is 0 Å². The number of halogens is 2. The van der Waals surface area contributed by atoms with Crippen LogP contribution in [-0.4, -0.2) is 43.2 Å². The van der Waals surface area contributed by atoms with Crippen LogP contribution >= 0.6 is 0 Å². The van der Waals surface area contributed by atoms with E-state index in [4.69, 9.17) is 4.74 Å². The van der Waals surface area contributed by atoms with Gasteiger partial charge in [-0.05, 0) is 28.7 Å². The van der Waals surface area contributed by atoms with Gasteiger partial charge in [-0.2, -0.15) is 0 Å². The number of carbonyl (C=O) groups is 2. The SMILES string of the molecule is O=C(NC(CC(CF)CF)C(=O)O)OCC1c2ccccc2-c2ccccc21. The number of alkyl carbamates (subject to hydrolysis) is 1. The summed E-state index contributed by atoms with van der Waals surface area (Å²) in [6.45, 7) is -1.96. The summed E-state index contributed by atoms with van der Waals surface area (Å²) < 4.78 is 30.6. The lowest BCUT2D eigenvalue weighted by atomic mass is 9.98. The van der Waals surface area contributed by atoms with Crippen LogP contribution in [-0.2, 0) is 9.53 Å². The zero-order valence-corrected chi connectivity index (χ0v) is 15.1. The summed E-state index contributed by atoms with van der Waals surface area (Å²) >= 11 is 0. The summed E-state index contributed by atoms with van der Waals surface area (Å²) in [6, 6.07) is 14.2. The molecule has 0 saturated heterocycles. The van der Waals surface area contributed by atoms with Gasteiger partial charge >= 0.3 is 12.1 Å². The molecule has 2 N–H and O–H groups in total. The molecule has 148 valence electrons. The lowest BCUT2D eigenvalue weighted by molar-refractivity contribution is -0.139. The molecule has 0 aromatic heterocycles. The topological polar surface area (TPSA) is 75.6 Å². The van der Waals surface area contributed by atoms with Gasteiger partial charge in [-0.3, -0.25) is 8.78 Å². The molecule has 0 aliphatic heterocycles. The molecule has 0 radical (unpaired) electrons. The third-order valence-electron chi connectivity index (χ3n) is 4.94. The highest BCUT2D eigenvalue weighted by molar-refractivity contribution is 5.81. The number of ether oxygens (including phenoxy) is 1. The first kappa shape index (κ1) is 19.8. The Bertz CT molecular complexity index is 808. The minimum absolute atomic E-state index is 0.0296. The van der Waals surface area contributed by atoms with E-state index in [2.05, 4.69) is 5.32 Å². The van der Waals surface area contributed by atoms with E-state index in [9.17, 15) is 23.5 Å². The summed E-state index contributed by atoms with van der Waals surface area (Å²) in [4.78, 5) is 23.4. The van der Waals surface area contributed by atoms with Gasteiger partial charge in [0.05, 0.1) is 13.3 Å². The Hall–Kier alpha value is -2.96. The van der Waals surface area contributed by atoms with Crippen molar-refractivity contribution in [2.75, 3.05) is 20.0 Å². The van der Waals surface area contributed by atoms with Crippen molar-refractivity contribution >= 4 is 12.1 Å². The Morgan fingerprint density at radius 2 is 1.54 bits per heavy atom. The molecule has 3 rings (SSSR count). The van der Waals surface area contributed by atoms with E-state index in [0.29, 0.717) is 0 Å². The summed E-state index contributed by atoms with van der Waals surface area (Å²) in [5, 5.41) is 11.4. The molecule has 0 spiro atoms. The number of rotatable bonds is 8. The highest BCUT2D eigenvalue weighted by Crippen LogP contribution is 2.44. The van der Waals surface area contributed by atoms with Crippen LogP contribution in [0.5, 0.6) is 0 Å². The van der Waals surface area contributed by atoms with Crippen LogP contribution in [0.2, 0.25) is 0 Å². The minimum Gasteiger partial charge on any atom is -0.480 e. The Kier molecular flexibility index (Phi) is 6.23. The number of carbonyl (C=O) groups excluding carboxylic acids is 1. The second kappa shape index (κ2) is 8.82. The Morgan fingerprint density at radius 3 is 2.04 bits per heavy atom. The number of aliphatic carboxylic acids is 1. The molecule has 0 bridgehead atoms. The Balaban J connectivity index is 1.67. The quantitative estimate of drug-likeness (QED) is 0.718. The molecule has 2 aromatic rings. The van der Waals surface area contributed by atoms with Gasteiger partial charge in [0, 0.05) is 11.8 Å². The van der Waals surface area contributed by atoms with Gasteiger partial charge in [0.2, 0.25) is 0 Å².